The average molecular weight is 497 g/mol. The summed E-state index contributed by atoms with van der Waals surface area (Å²) in [5.41, 5.74) is -1.31. The van der Waals surface area contributed by atoms with Crippen LogP contribution in [-0.2, 0) is 19.0 Å². The SMILES string of the molecule is C=C[C@@](C)(CC[C@@H]1[C@@]2(C)CCCC(C)(C)[C@@H]2CC[C@@]1(C)O)O[C@@H]1O[C@@H](C)[C@@H](OC(C)=O)[C@H](O)[C@H]1O. The predicted octanol–water partition coefficient (Wildman–Crippen LogP) is 4.12. The van der Waals surface area contributed by atoms with Crippen molar-refractivity contribution in [2.75, 3.05) is 0 Å². The Morgan fingerprint density at radius 2 is 1.83 bits per heavy atom. The van der Waals surface area contributed by atoms with Gasteiger partial charge in [-0.25, -0.2) is 0 Å². The van der Waals surface area contributed by atoms with Crippen LogP contribution < -0.4 is 0 Å². The molecule has 35 heavy (non-hydrogen) atoms. The first-order valence-electron chi connectivity index (χ1n) is 13.3. The molecule has 0 aromatic heterocycles. The van der Waals surface area contributed by atoms with Crippen molar-refractivity contribution in [3.63, 3.8) is 0 Å². The summed E-state index contributed by atoms with van der Waals surface area (Å²) in [4.78, 5) is 11.4. The van der Waals surface area contributed by atoms with Crippen LogP contribution >= 0.6 is 0 Å². The van der Waals surface area contributed by atoms with E-state index in [0.29, 0.717) is 12.3 Å². The number of rotatable bonds is 7. The van der Waals surface area contributed by atoms with E-state index in [-0.39, 0.29) is 16.7 Å². The van der Waals surface area contributed by atoms with Gasteiger partial charge in [0.1, 0.15) is 12.2 Å². The zero-order chi connectivity index (χ0) is 26.4. The summed E-state index contributed by atoms with van der Waals surface area (Å²) in [5.74, 6) is 0.109. The molecule has 10 atom stereocenters. The van der Waals surface area contributed by atoms with Gasteiger partial charge in [0.25, 0.3) is 0 Å². The number of hydrogen-bond acceptors (Lipinski definition) is 7. The standard InChI is InChI=1S/C28H48O7/c1-9-26(6,35-24-22(31)21(30)23(17(2)33-24)34-18(3)29)15-11-20-27(7)14-10-13-25(4,5)19(27)12-16-28(20,8)32/h9,17,19-24,30-32H,1,10-16H2,2-8H3/t17-,19-,20+,21+,22+,23+,24-,26-,27-,28+/m0/s1. The van der Waals surface area contributed by atoms with Gasteiger partial charge in [-0.15, -0.1) is 6.58 Å². The lowest BCUT2D eigenvalue weighted by atomic mass is 9.45. The van der Waals surface area contributed by atoms with Crippen molar-refractivity contribution in [1.29, 1.82) is 0 Å². The number of aliphatic hydroxyl groups excluding tert-OH is 2. The van der Waals surface area contributed by atoms with Gasteiger partial charge in [-0.05, 0) is 82.0 Å². The normalized spacial score (nSPS) is 45.1. The summed E-state index contributed by atoms with van der Waals surface area (Å²) in [6.45, 7) is 17.9. The fourth-order valence-electron chi connectivity index (χ4n) is 7.63. The van der Waals surface area contributed by atoms with Gasteiger partial charge in [-0.3, -0.25) is 4.79 Å². The van der Waals surface area contributed by atoms with Crippen molar-refractivity contribution in [2.45, 2.75) is 135 Å². The summed E-state index contributed by atoms with van der Waals surface area (Å²) in [7, 11) is 0. The van der Waals surface area contributed by atoms with E-state index in [4.69, 9.17) is 14.2 Å². The molecule has 0 aromatic rings. The van der Waals surface area contributed by atoms with E-state index >= 15 is 0 Å². The molecular weight excluding hydrogens is 448 g/mol. The third-order valence-electron chi connectivity index (χ3n) is 9.59. The molecule has 7 nitrogen and oxygen atoms in total. The van der Waals surface area contributed by atoms with Crippen LogP contribution in [0.3, 0.4) is 0 Å². The molecule has 7 heteroatoms. The van der Waals surface area contributed by atoms with Crippen molar-refractivity contribution in [3.8, 4) is 0 Å². The molecule has 202 valence electrons. The molecule has 0 aromatic carbocycles. The first-order chi connectivity index (χ1) is 16.1. The second-order valence-corrected chi connectivity index (χ2v) is 12.8. The maximum absolute atomic E-state index is 11.5. The Kier molecular flexibility index (Phi) is 8.21. The molecule has 1 aliphatic heterocycles. The van der Waals surface area contributed by atoms with Crippen LogP contribution in [0.2, 0.25) is 0 Å². The predicted molar refractivity (Wildman–Crippen MR) is 133 cm³/mol. The molecule has 2 aliphatic carbocycles. The second-order valence-electron chi connectivity index (χ2n) is 12.8. The Balaban J connectivity index is 1.74. The van der Waals surface area contributed by atoms with E-state index in [2.05, 4.69) is 27.4 Å². The largest absolute Gasteiger partial charge is 0.457 e. The number of ether oxygens (including phenoxy) is 3. The first kappa shape index (κ1) is 28.6. The van der Waals surface area contributed by atoms with Crippen molar-refractivity contribution < 1.29 is 34.3 Å². The Labute approximate surface area is 211 Å². The molecule has 0 unspecified atom stereocenters. The molecule has 0 bridgehead atoms. The van der Waals surface area contributed by atoms with Crippen LogP contribution in [0.1, 0.15) is 93.4 Å². The number of carbonyl (C=O) groups excluding carboxylic acids is 1. The van der Waals surface area contributed by atoms with E-state index in [1.165, 1.54) is 19.8 Å². The topological polar surface area (TPSA) is 105 Å². The van der Waals surface area contributed by atoms with Crippen LogP contribution in [0.4, 0.5) is 0 Å². The van der Waals surface area contributed by atoms with Crippen molar-refractivity contribution >= 4 is 5.97 Å². The quantitative estimate of drug-likeness (QED) is 0.360. The maximum Gasteiger partial charge on any atom is 0.303 e. The fourth-order valence-corrected chi connectivity index (χ4v) is 7.63. The smallest absolute Gasteiger partial charge is 0.303 e. The van der Waals surface area contributed by atoms with Gasteiger partial charge in [-0.2, -0.15) is 0 Å². The highest BCUT2D eigenvalue weighted by Crippen LogP contribution is 2.63. The summed E-state index contributed by atoms with van der Waals surface area (Å²) >= 11 is 0. The van der Waals surface area contributed by atoms with Gasteiger partial charge in [-0.1, -0.05) is 33.3 Å². The molecule has 3 N–H and O–H groups in total. The molecule has 0 radical (unpaired) electrons. The van der Waals surface area contributed by atoms with Crippen LogP contribution in [-0.4, -0.2) is 63.2 Å². The van der Waals surface area contributed by atoms with E-state index in [0.717, 1.165) is 25.7 Å². The third-order valence-corrected chi connectivity index (χ3v) is 9.59. The molecular formula is C28H48O7. The maximum atomic E-state index is 11.5. The lowest BCUT2D eigenvalue weighted by molar-refractivity contribution is -0.315. The lowest BCUT2D eigenvalue weighted by Crippen LogP contribution is -2.60. The molecule has 1 heterocycles. The number of hydrogen-bond donors (Lipinski definition) is 3. The fraction of sp³-hybridized carbons (Fsp3) is 0.893. The van der Waals surface area contributed by atoms with Crippen molar-refractivity contribution in [1.82, 2.24) is 0 Å². The summed E-state index contributed by atoms with van der Waals surface area (Å²) in [6.07, 6.45) is 2.95. The minimum absolute atomic E-state index is 0.0361. The van der Waals surface area contributed by atoms with Gasteiger partial charge in [0.2, 0.25) is 0 Å². The van der Waals surface area contributed by atoms with Crippen molar-refractivity contribution in [2.24, 2.45) is 22.7 Å². The summed E-state index contributed by atoms with van der Waals surface area (Å²) in [5, 5.41) is 32.8. The Bertz CT molecular complexity index is 779. The Hall–Kier alpha value is -0.990. The zero-order valence-electron chi connectivity index (χ0n) is 22.8. The van der Waals surface area contributed by atoms with E-state index < -0.39 is 47.9 Å². The minimum Gasteiger partial charge on any atom is -0.457 e. The minimum atomic E-state index is -1.38. The van der Waals surface area contributed by atoms with E-state index in [1.807, 2.05) is 13.8 Å². The van der Waals surface area contributed by atoms with E-state index in [9.17, 15) is 20.1 Å². The van der Waals surface area contributed by atoms with Gasteiger partial charge in [0.05, 0.1) is 17.3 Å². The van der Waals surface area contributed by atoms with Crippen LogP contribution in [0.5, 0.6) is 0 Å². The molecule has 3 rings (SSSR count). The molecule has 3 fully saturated rings. The number of aliphatic hydroxyl groups is 3. The number of esters is 1. The van der Waals surface area contributed by atoms with Crippen molar-refractivity contribution in [3.05, 3.63) is 12.7 Å². The average Bonchev–Trinajstić information content (AvgIpc) is 2.73. The van der Waals surface area contributed by atoms with Crippen LogP contribution in [0.15, 0.2) is 12.7 Å². The first-order valence-corrected chi connectivity index (χ1v) is 13.3. The highest BCUT2D eigenvalue weighted by atomic mass is 16.7. The van der Waals surface area contributed by atoms with Gasteiger partial charge < -0.3 is 29.5 Å². The van der Waals surface area contributed by atoms with Gasteiger partial charge in [0, 0.05) is 6.92 Å². The molecule has 0 amide bonds. The van der Waals surface area contributed by atoms with E-state index in [1.54, 1.807) is 13.0 Å². The zero-order valence-corrected chi connectivity index (χ0v) is 22.8. The highest BCUT2D eigenvalue weighted by molar-refractivity contribution is 5.66. The van der Waals surface area contributed by atoms with Gasteiger partial charge >= 0.3 is 5.97 Å². The van der Waals surface area contributed by atoms with Crippen LogP contribution in [0.25, 0.3) is 0 Å². The number of fused-ring (bicyclic) bond motifs is 1. The Morgan fingerprint density at radius 1 is 1.17 bits per heavy atom. The third kappa shape index (κ3) is 5.64. The second kappa shape index (κ2) is 10.1. The van der Waals surface area contributed by atoms with Gasteiger partial charge in [0.15, 0.2) is 12.4 Å². The highest BCUT2D eigenvalue weighted by Gasteiger charge is 2.58. The Morgan fingerprint density at radius 3 is 2.43 bits per heavy atom. The summed E-state index contributed by atoms with van der Waals surface area (Å²) < 4.78 is 17.2. The summed E-state index contributed by atoms with van der Waals surface area (Å²) in [6, 6.07) is 0. The van der Waals surface area contributed by atoms with Crippen LogP contribution in [0, 0.1) is 22.7 Å². The molecule has 1 saturated heterocycles. The number of carbonyl (C=O) groups is 1. The molecule has 0 spiro atoms. The monoisotopic (exact) mass is 496 g/mol. The molecule has 3 aliphatic rings. The lowest BCUT2D eigenvalue weighted by Gasteiger charge is -2.61. The molecule has 2 saturated carbocycles.